The monoisotopic (exact) mass is 270 g/mol. The molecular weight excluding hydrogens is 258 g/mol. The van der Waals surface area contributed by atoms with Gasteiger partial charge in [0.1, 0.15) is 4.92 Å². The van der Waals surface area contributed by atoms with Gasteiger partial charge in [-0.3, -0.25) is 10.1 Å². The number of H-pyrrole nitrogens is 1. The first kappa shape index (κ1) is 11.5. The zero-order valence-electron chi connectivity index (χ0n) is 9.86. The number of imidazole rings is 1. The standard InChI is InChI=1S/C9H12N5O3S/c1-3-14(2)7(6-10-4-5-11-6)12-8-9(14,13(15)16)18(8)17/h4-5,8H,3H2,1-2H3,(H,10,11)/q+1. The highest BCUT2D eigenvalue weighted by Crippen LogP contribution is 2.54. The molecule has 96 valence electrons. The van der Waals surface area contributed by atoms with E-state index in [-0.39, 0.29) is 4.48 Å². The minimum Gasteiger partial charge on any atom is -0.339 e. The summed E-state index contributed by atoms with van der Waals surface area (Å²) >= 11 is 0. The van der Waals surface area contributed by atoms with Gasteiger partial charge in [-0.15, -0.1) is 0 Å². The highest BCUT2D eigenvalue weighted by Gasteiger charge is 2.93. The zero-order valence-corrected chi connectivity index (χ0v) is 10.7. The van der Waals surface area contributed by atoms with Crippen molar-refractivity contribution < 1.29 is 13.6 Å². The number of quaternary nitrogens is 1. The van der Waals surface area contributed by atoms with Gasteiger partial charge in [0.15, 0.2) is 0 Å². The second-order valence-corrected chi connectivity index (χ2v) is 6.11. The molecule has 1 aromatic heterocycles. The summed E-state index contributed by atoms with van der Waals surface area (Å²) in [5.74, 6) is 1.01. The summed E-state index contributed by atoms with van der Waals surface area (Å²) in [4.78, 5) is 20.6. The van der Waals surface area contributed by atoms with E-state index in [4.69, 9.17) is 0 Å². The van der Waals surface area contributed by atoms with E-state index in [1.54, 1.807) is 19.4 Å². The Hall–Kier alpha value is -1.61. The highest BCUT2D eigenvalue weighted by molar-refractivity contribution is 7.94. The van der Waals surface area contributed by atoms with Crippen molar-refractivity contribution in [3.63, 3.8) is 0 Å². The molecule has 0 aliphatic carbocycles. The van der Waals surface area contributed by atoms with Crippen LogP contribution in [0.3, 0.4) is 0 Å². The Morgan fingerprint density at radius 1 is 1.72 bits per heavy atom. The number of nitrogens with one attached hydrogen (secondary N) is 1. The van der Waals surface area contributed by atoms with Crippen LogP contribution in [0.25, 0.3) is 0 Å². The van der Waals surface area contributed by atoms with E-state index in [1.165, 1.54) is 0 Å². The minimum absolute atomic E-state index is 0.0786. The number of aliphatic imine (C=N–C) groups is 1. The molecule has 0 spiro atoms. The van der Waals surface area contributed by atoms with Crippen LogP contribution in [0.4, 0.5) is 0 Å². The van der Waals surface area contributed by atoms with Gasteiger partial charge in [-0.25, -0.2) is 9.19 Å². The van der Waals surface area contributed by atoms with Crippen LogP contribution >= 0.6 is 0 Å². The number of likely N-dealkylation sites (N-methyl/N-ethyl adjacent to an activating group) is 1. The molecule has 3 heterocycles. The van der Waals surface area contributed by atoms with E-state index in [1.807, 2.05) is 6.92 Å². The van der Waals surface area contributed by atoms with Gasteiger partial charge in [-0.2, -0.15) is 9.48 Å². The molecule has 2 aliphatic rings. The first-order chi connectivity index (χ1) is 8.50. The topological polar surface area (TPSA) is 101 Å². The third-order valence-electron chi connectivity index (χ3n) is 3.78. The number of fused-ring (bicyclic) bond motifs is 1. The molecule has 0 bridgehead atoms. The molecule has 0 aromatic carbocycles. The third-order valence-corrected chi connectivity index (χ3v) is 5.73. The third kappa shape index (κ3) is 0.977. The van der Waals surface area contributed by atoms with Crippen molar-refractivity contribution >= 4 is 16.6 Å². The largest absolute Gasteiger partial charge is 0.463 e. The molecule has 2 aliphatic heterocycles. The van der Waals surface area contributed by atoms with E-state index < -0.39 is 26.1 Å². The lowest BCUT2D eigenvalue weighted by molar-refractivity contribution is -0.941. The fourth-order valence-electron chi connectivity index (χ4n) is 2.58. The molecule has 3 rings (SSSR count). The van der Waals surface area contributed by atoms with Gasteiger partial charge in [-0.05, 0) is 6.92 Å². The maximum atomic E-state index is 11.9. The molecule has 9 heteroatoms. The SMILES string of the molecule is CC[N+]1(C)C(c2ncc[nH]2)=NC2S(=O)C21[N+](=O)[O-]. The van der Waals surface area contributed by atoms with Crippen LogP contribution in [-0.2, 0) is 10.8 Å². The molecule has 4 unspecified atom stereocenters. The summed E-state index contributed by atoms with van der Waals surface area (Å²) in [6, 6.07) is 0. The summed E-state index contributed by atoms with van der Waals surface area (Å²) in [6.07, 6.45) is 3.20. The number of nitro groups is 1. The van der Waals surface area contributed by atoms with E-state index in [0.29, 0.717) is 18.2 Å². The number of amidine groups is 1. The summed E-state index contributed by atoms with van der Waals surface area (Å²) in [6.45, 7) is 2.25. The number of rotatable bonds is 3. The highest BCUT2D eigenvalue weighted by atomic mass is 32.2. The minimum atomic E-state index is -1.55. The molecule has 1 aromatic rings. The van der Waals surface area contributed by atoms with Crippen molar-refractivity contribution in [3.05, 3.63) is 28.3 Å². The van der Waals surface area contributed by atoms with Crippen LogP contribution in [0.2, 0.25) is 0 Å². The second kappa shape index (κ2) is 3.23. The van der Waals surface area contributed by atoms with Gasteiger partial charge in [0.2, 0.25) is 16.6 Å². The molecule has 1 fully saturated rings. The molecule has 18 heavy (non-hydrogen) atoms. The van der Waals surface area contributed by atoms with Crippen molar-refractivity contribution in [2.45, 2.75) is 17.3 Å². The molecule has 0 saturated carbocycles. The number of hydrogen-bond acceptors (Lipinski definition) is 5. The van der Waals surface area contributed by atoms with Gasteiger partial charge in [0.25, 0.3) is 11.2 Å². The normalized spacial score (nSPS) is 41.3. The lowest BCUT2D eigenvalue weighted by atomic mass is 10.3. The first-order valence-corrected chi connectivity index (χ1v) is 6.70. The average molecular weight is 270 g/mol. The Morgan fingerprint density at radius 3 is 2.94 bits per heavy atom. The Balaban J connectivity index is 2.16. The van der Waals surface area contributed by atoms with E-state index in [2.05, 4.69) is 15.0 Å². The van der Waals surface area contributed by atoms with Crippen molar-refractivity contribution in [1.82, 2.24) is 9.97 Å². The van der Waals surface area contributed by atoms with Gasteiger partial charge in [0, 0.05) is 12.4 Å². The Kier molecular flexibility index (Phi) is 2.06. The molecular formula is C9H12N5O3S+. The number of nitrogens with zero attached hydrogens (tertiary/aromatic N) is 4. The fraction of sp³-hybridized carbons (Fsp3) is 0.556. The lowest BCUT2D eigenvalue weighted by Gasteiger charge is -2.29. The van der Waals surface area contributed by atoms with Crippen LogP contribution in [-0.4, -0.2) is 53.4 Å². The van der Waals surface area contributed by atoms with Gasteiger partial charge in [-0.1, -0.05) is 0 Å². The summed E-state index contributed by atoms with van der Waals surface area (Å²) < 4.78 is 11.8. The van der Waals surface area contributed by atoms with E-state index in [0.717, 1.165) is 0 Å². The summed E-state index contributed by atoms with van der Waals surface area (Å²) in [5, 5.41) is 10.6. The maximum absolute atomic E-state index is 11.9. The Morgan fingerprint density at radius 2 is 2.44 bits per heavy atom. The molecule has 0 amide bonds. The van der Waals surface area contributed by atoms with Crippen molar-refractivity contribution in [2.24, 2.45) is 4.99 Å². The Labute approximate surface area is 105 Å². The number of aromatic amines is 1. The van der Waals surface area contributed by atoms with Crippen LogP contribution in [0.5, 0.6) is 0 Å². The molecule has 1 saturated heterocycles. The van der Waals surface area contributed by atoms with E-state index >= 15 is 0 Å². The van der Waals surface area contributed by atoms with Crippen molar-refractivity contribution in [3.8, 4) is 0 Å². The molecule has 8 nitrogen and oxygen atoms in total. The predicted octanol–water partition coefficient (Wildman–Crippen LogP) is -0.345. The molecule has 1 N–H and O–H groups in total. The lowest BCUT2D eigenvalue weighted by Crippen LogP contribution is -2.61. The molecule has 0 radical (unpaired) electrons. The molecule has 4 atom stereocenters. The van der Waals surface area contributed by atoms with Crippen LogP contribution in [0.1, 0.15) is 12.7 Å². The van der Waals surface area contributed by atoms with Crippen molar-refractivity contribution in [2.75, 3.05) is 13.6 Å². The zero-order chi connectivity index (χ0) is 13.1. The van der Waals surface area contributed by atoms with Crippen LogP contribution < -0.4 is 0 Å². The fourth-order valence-corrected chi connectivity index (χ4v) is 4.46. The van der Waals surface area contributed by atoms with Gasteiger partial charge >= 0.3 is 4.99 Å². The second-order valence-electron chi connectivity index (χ2n) is 4.46. The summed E-state index contributed by atoms with van der Waals surface area (Å²) in [5.41, 5.74) is 0. The Bertz CT molecular complexity index is 585. The smallest absolute Gasteiger partial charge is 0.339 e. The summed E-state index contributed by atoms with van der Waals surface area (Å²) in [7, 11) is 0.136. The average Bonchev–Trinajstić information content (AvgIpc) is 2.75. The number of hydrogen-bond donors (Lipinski definition) is 1. The quantitative estimate of drug-likeness (QED) is 0.351. The van der Waals surface area contributed by atoms with Crippen LogP contribution in [0, 0.1) is 10.1 Å². The number of aromatic nitrogens is 2. The van der Waals surface area contributed by atoms with Gasteiger partial charge < -0.3 is 4.98 Å². The predicted molar refractivity (Wildman–Crippen MR) is 63.5 cm³/mol. The van der Waals surface area contributed by atoms with Gasteiger partial charge in [0.05, 0.1) is 13.6 Å². The van der Waals surface area contributed by atoms with Crippen molar-refractivity contribution in [1.29, 1.82) is 0 Å². The maximum Gasteiger partial charge on any atom is 0.463 e. The van der Waals surface area contributed by atoms with Crippen LogP contribution in [0.15, 0.2) is 17.4 Å². The first-order valence-electron chi connectivity index (χ1n) is 5.49. The van der Waals surface area contributed by atoms with E-state index in [9.17, 15) is 14.3 Å².